The van der Waals surface area contributed by atoms with Gasteiger partial charge in [-0.3, -0.25) is 4.79 Å². The molecule has 0 radical (unpaired) electrons. The number of benzene rings is 1. The SMILES string of the molecule is CCCN(CCC)S(=O)(=O)c1ccc(NC(C)=O)c(OC)c1. The Bertz CT molecular complexity index is 608. The van der Waals surface area contributed by atoms with Crippen molar-refractivity contribution < 1.29 is 17.9 Å². The average Bonchev–Trinajstić information content (AvgIpc) is 2.46. The lowest BCUT2D eigenvalue weighted by Crippen LogP contribution is -2.32. The highest BCUT2D eigenvalue weighted by atomic mass is 32.2. The molecule has 0 fully saturated rings. The Hall–Kier alpha value is -1.60. The smallest absolute Gasteiger partial charge is 0.243 e. The van der Waals surface area contributed by atoms with Crippen LogP contribution in [0.3, 0.4) is 0 Å². The molecule has 0 atom stereocenters. The molecule has 1 N–H and O–H groups in total. The molecule has 0 heterocycles. The van der Waals surface area contributed by atoms with Gasteiger partial charge in [0.05, 0.1) is 17.7 Å². The highest BCUT2D eigenvalue weighted by Gasteiger charge is 2.24. The summed E-state index contributed by atoms with van der Waals surface area (Å²) in [6.07, 6.45) is 1.50. The van der Waals surface area contributed by atoms with Crippen LogP contribution in [-0.2, 0) is 14.8 Å². The van der Waals surface area contributed by atoms with Crippen molar-refractivity contribution in [1.29, 1.82) is 0 Å². The van der Waals surface area contributed by atoms with Crippen LogP contribution < -0.4 is 10.1 Å². The van der Waals surface area contributed by atoms with E-state index < -0.39 is 10.0 Å². The number of nitrogens with one attached hydrogen (secondary N) is 1. The van der Waals surface area contributed by atoms with Gasteiger partial charge < -0.3 is 10.1 Å². The molecule has 0 unspecified atom stereocenters. The molecule has 0 saturated carbocycles. The summed E-state index contributed by atoms with van der Waals surface area (Å²) in [5.41, 5.74) is 0.450. The van der Waals surface area contributed by atoms with Gasteiger partial charge in [-0.1, -0.05) is 13.8 Å². The molecule has 0 aliphatic rings. The lowest BCUT2D eigenvalue weighted by Gasteiger charge is -2.21. The minimum atomic E-state index is -3.56. The summed E-state index contributed by atoms with van der Waals surface area (Å²) in [5, 5.41) is 2.61. The molecule has 1 amide bonds. The van der Waals surface area contributed by atoms with Gasteiger partial charge in [-0.25, -0.2) is 8.42 Å². The number of amides is 1. The van der Waals surface area contributed by atoms with E-state index in [9.17, 15) is 13.2 Å². The van der Waals surface area contributed by atoms with Crippen molar-refractivity contribution in [3.05, 3.63) is 18.2 Å². The minimum Gasteiger partial charge on any atom is -0.495 e. The number of anilines is 1. The number of methoxy groups -OCH3 is 1. The Morgan fingerprint density at radius 2 is 1.82 bits per heavy atom. The Morgan fingerprint density at radius 3 is 2.27 bits per heavy atom. The van der Waals surface area contributed by atoms with Gasteiger partial charge in [0.25, 0.3) is 0 Å². The van der Waals surface area contributed by atoms with Crippen LogP contribution in [0, 0.1) is 0 Å². The lowest BCUT2D eigenvalue weighted by molar-refractivity contribution is -0.114. The zero-order valence-corrected chi connectivity index (χ0v) is 14.4. The Balaban J connectivity index is 3.21. The number of sulfonamides is 1. The van der Waals surface area contributed by atoms with Crippen molar-refractivity contribution in [2.45, 2.75) is 38.5 Å². The summed E-state index contributed by atoms with van der Waals surface area (Å²) in [7, 11) is -2.13. The van der Waals surface area contributed by atoms with E-state index in [0.717, 1.165) is 12.8 Å². The number of hydrogen-bond donors (Lipinski definition) is 1. The monoisotopic (exact) mass is 328 g/mol. The molecule has 0 saturated heterocycles. The molecule has 1 rings (SSSR count). The summed E-state index contributed by atoms with van der Waals surface area (Å²) in [4.78, 5) is 11.3. The van der Waals surface area contributed by atoms with Crippen LogP contribution in [0.15, 0.2) is 23.1 Å². The maximum Gasteiger partial charge on any atom is 0.243 e. The van der Waals surface area contributed by atoms with Gasteiger partial charge in [0.1, 0.15) is 5.75 Å². The molecule has 0 spiro atoms. The van der Waals surface area contributed by atoms with Gasteiger partial charge >= 0.3 is 0 Å². The fraction of sp³-hybridized carbons (Fsp3) is 0.533. The van der Waals surface area contributed by atoms with Crippen molar-refractivity contribution in [2.75, 3.05) is 25.5 Å². The standard InChI is InChI=1S/C15H24N2O4S/c1-5-9-17(10-6-2)22(19,20)13-7-8-14(16-12(3)18)15(11-13)21-4/h7-8,11H,5-6,9-10H2,1-4H3,(H,16,18). The second kappa shape index (κ2) is 8.14. The van der Waals surface area contributed by atoms with Gasteiger partial charge in [-0.05, 0) is 25.0 Å². The number of carbonyl (C=O) groups is 1. The number of ether oxygens (including phenoxy) is 1. The van der Waals surface area contributed by atoms with E-state index in [1.807, 2.05) is 13.8 Å². The van der Waals surface area contributed by atoms with Gasteiger partial charge in [0.2, 0.25) is 15.9 Å². The lowest BCUT2D eigenvalue weighted by atomic mass is 10.3. The van der Waals surface area contributed by atoms with E-state index in [2.05, 4.69) is 5.32 Å². The van der Waals surface area contributed by atoms with Gasteiger partial charge in [0, 0.05) is 26.1 Å². The molecule has 7 heteroatoms. The molecule has 0 bridgehead atoms. The van der Waals surface area contributed by atoms with Crippen LogP contribution in [-0.4, -0.2) is 38.8 Å². The molecular formula is C15H24N2O4S. The molecule has 0 aromatic heterocycles. The number of rotatable bonds is 8. The van der Waals surface area contributed by atoms with E-state index in [-0.39, 0.29) is 10.8 Å². The summed E-state index contributed by atoms with van der Waals surface area (Å²) < 4.78 is 32.0. The Morgan fingerprint density at radius 1 is 1.23 bits per heavy atom. The summed E-state index contributed by atoms with van der Waals surface area (Å²) in [6, 6.07) is 4.48. The van der Waals surface area contributed by atoms with Gasteiger partial charge in [-0.15, -0.1) is 0 Å². The second-order valence-electron chi connectivity index (χ2n) is 4.95. The largest absolute Gasteiger partial charge is 0.495 e. The molecule has 124 valence electrons. The van der Waals surface area contributed by atoms with Crippen molar-refractivity contribution in [3.63, 3.8) is 0 Å². The van der Waals surface area contributed by atoms with Crippen molar-refractivity contribution >= 4 is 21.6 Å². The van der Waals surface area contributed by atoms with E-state index in [1.165, 1.54) is 30.5 Å². The van der Waals surface area contributed by atoms with Crippen molar-refractivity contribution in [2.24, 2.45) is 0 Å². The van der Waals surface area contributed by atoms with Crippen LogP contribution in [0.25, 0.3) is 0 Å². The highest BCUT2D eigenvalue weighted by molar-refractivity contribution is 7.89. The van der Waals surface area contributed by atoms with Gasteiger partial charge in [-0.2, -0.15) is 4.31 Å². The first-order chi connectivity index (χ1) is 10.4. The van der Waals surface area contributed by atoms with Crippen LogP contribution >= 0.6 is 0 Å². The summed E-state index contributed by atoms with van der Waals surface area (Å²) >= 11 is 0. The van der Waals surface area contributed by atoms with Crippen LogP contribution in [0.4, 0.5) is 5.69 Å². The topological polar surface area (TPSA) is 75.7 Å². The second-order valence-corrected chi connectivity index (χ2v) is 6.89. The third-order valence-electron chi connectivity index (χ3n) is 3.07. The predicted molar refractivity (Wildman–Crippen MR) is 86.6 cm³/mol. The first-order valence-corrected chi connectivity index (χ1v) is 8.76. The maximum absolute atomic E-state index is 12.7. The fourth-order valence-electron chi connectivity index (χ4n) is 2.12. The minimum absolute atomic E-state index is 0.167. The normalized spacial score (nSPS) is 11.5. The Labute approximate surface area is 132 Å². The van der Waals surface area contributed by atoms with Gasteiger partial charge in [0.15, 0.2) is 0 Å². The molecule has 1 aromatic rings. The summed E-state index contributed by atoms with van der Waals surface area (Å²) in [6.45, 7) is 6.23. The quantitative estimate of drug-likeness (QED) is 0.795. The van der Waals surface area contributed by atoms with Crippen LogP contribution in [0.2, 0.25) is 0 Å². The highest BCUT2D eigenvalue weighted by Crippen LogP contribution is 2.29. The van der Waals surface area contributed by atoms with E-state index in [4.69, 9.17) is 4.74 Å². The fourth-order valence-corrected chi connectivity index (χ4v) is 3.76. The molecular weight excluding hydrogens is 304 g/mol. The first-order valence-electron chi connectivity index (χ1n) is 7.32. The zero-order chi connectivity index (χ0) is 16.8. The molecule has 6 nitrogen and oxygen atoms in total. The maximum atomic E-state index is 12.7. The predicted octanol–water partition coefficient (Wildman–Crippen LogP) is 2.46. The number of hydrogen-bond acceptors (Lipinski definition) is 4. The first kappa shape index (κ1) is 18.4. The van der Waals surface area contributed by atoms with Crippen molar-refractivity contribution in [1.82, 2.24) is 4.31 Å². The number of nitrogens with zero attached hydrogens (tertiary/aromatic N) is 1. The third-order valence-corrected chi connectivity index (χ3v) is 4.96. The summed E-state index contributed by atoms with van der Waals surface area (Å²) in [5.74, 6) is 0.0803. The third kappa shape index (κ3) is 4.45. The van der Waals surface area contributed by atoms with Crippen LogP contribution in [0.5, 0.6) is 5.75 Å². The van der Waals surface area contributed by atoms with E-state index >= 15 is 0 Å². The average molecular weight is 328 g/mol. The number of carbonyl (C=O) groups excluding carboxylic acids is 1. The molecule has 0 aliphatic heterocycles. The molecule has 22 heavy (non-hydrogen) atoms. The Kier molecular flexibility index (Phi) is 6.83. The van der Waals surface area contributed by atoms with Crippen molar-refractivity contribution in [3.8, 4) is 5.75 Å². The zero-order valence-electron chi connectivity index (χ0n) is 13.5. The van der Waals surface area contributed by atoms with E-state index in [1.54, 1.807) is 6.07 Å². The van der Waals surface area contributed by atoms with Crippen LogP contribution in [0.1, 0.15) is 33.6 Å². The molecule has 1 aromatic carbocycles. The molecule has 0 aliphatic carbocycles. The van der Waals surface area contributed by atoms with E-state index in [0.29, 0.717) is 24.5 Å².